The highest BCUT2D eigenvalue weighted by Gasteiger charge is 2.41. The second-order valence-electron chi connectivity index (χ2n) is 5.80. The van der Waals surface area contributed by atoms with Gasteiger partial charge in [-0.15, -0.1) is 11.8 Å². The lowest BCUT2D eigenvalue weighted by molar-refractivity contribution is -0.120. The van der Waals surface area contributed by atoms with E-state index in [2.05, 4.69) is 5.32 Å². The van der Waals surface area contributed by atoms with Crippen molar-refractivity contribution in [3.63, 3.8) is 0 Å². The standard InChI is InChI=1S/C14H21NO2S/c1-10-12(18-9-8-17-10)13(16)15-14-5-2-11(3-6-14)4-7-14/h11H,2-9H2,1H3,(H,15,16). The minimum atomic E-state index is 0.0944. The van der Waals surface area contributed by atoms with Gasteiger partial charge in [-0.1, -0.05) is 0 Å². The average Bonchev–Trinajstić information content (AvgIpc) is 2.40. The number of allylic oxidation sites excluding steroid dienone is 1. The molecule has 3 saturated carbocycles. The highest BCUT2D eigenvalue weighted by molar-refractivity contribution is 8.04. The van der Waals surface area contributed by atoms with E-state index in [1.807, 2.05) is 6.92 Å². The van der Waals surface area contributed by atoms with Crippen molar-refractivity contribution in [3.8, 4) is 0 Å². The Hall–Kier alpha value is -0.640. The van der Waals surface area contributed by atoms with E-state index in [-0.39, 0.29) is 11.4 Å². The van der Waals surface area contributed by atoms with Crippen molar-refractivity contribution in [1.29, 1.82) is 0 Å². The molecule has 4 rings (SSSR count). The quantitative estimate of drug-likeness (QED) is 0.836. The topological polar surface area (TPSA) is 38.3 Å². The molecule has 3 aliphatic carbocycles. The zero-order valence-corrected chi connectivity index (χ0v) is 11.8. The first-order valence-electron chi connectivity index (χ1n) is 6.98. The van der Waals surface area contributed by atoms with Crippen LogP contribution in [-0.4, -0.2) is 23.8 Å². The third-order valence-electron chi connectivity index (χ3n) is 4.65. The molecule has 0 aromatic heterocycles. The summed E-state index contributed by atoms with van der Waals surface area (Å²) in [7, 11) is 0. The van der Waals surface area contributed by atoms with Crippen molar-refractivity contribution in [3.05, 3.63) is 10.7 Å². The third kappa shape index (κ3) is 2.27. The van der Waals surface area contributed by atoms with E-state index in [0.717, 1.165) is 28.9 Å². The molecular weight excluding hydrogens is 246 g/mol. The van der Waals surface area contributed by atoms with Crippen LogP contribution in [0.3, 0.4) is 0 Å². The van der Waals surface area contributed by atoms with Crippen molar-refractivity contribution in [2.75, 3.05) is 12.4 Å². The Balaban J connectivity index is 1.70. The molecule has 0 radical (unpaired) electrons. The molecular formula is C14H21NO2S. The summed E-state index contributed by atoms with van der Waals surface area (Å²) in [5.74, 6) is 2.70. The fourth-order valence-corrected chi connectivity index (χ4v) is 4.28. The van der Waals surface area contributed by atoms with Crippen LogP contribution in [0.4, 0.5) is 0 Å². The van der Waals surface area contributed by atoms with Crippen molar-refractivity contribution in [2.24, 2.45) is 5.92 Å². The normalized spacial score (nSPS) is 35.3. The van der Waals surface area contributed by atoms with E-state index in [1.165, 1.54) is 38.5 Å². The van der Waals surface area contributed by atoms with E-state index in [1.54, 1.807) is 11.8 Å². The van der Waals surface area contributed by atoms with E-state index < -0.39 is 0 Å². The number of carbonyl (C=O) groups is 1. The first-order chi connectivity index (χ1) is 8.69. The largest absolute Gasteiger partial charge is 0.496 e. The Kier molecular flexibility index (Phi) is 3.31. The SMILES string of the molecule is CC1=C(C(=O)NC23CCC(CC2)CC3)SCCO1. The molecule has 4 heteroatoms. The molecule has 18 heavy (non-hydrogen) atoms. The third-order valence-corrected chi connectivity index (χ3v) is 5.78. The smallest absolute Gasteiger partial charge is 0.261 e. The van der Waals surface area contributed by atoms with Crippen LogP contribution in [0.25, 0.3) is 0 Å². The second-order valence-corrected chi connectivity index (χ2v) is 6.90. The van der Waals surface area contributed by atoms with Gasteiger partial charge in [0.25, 0.3) is 5.91 Å². The number of nitrogens with one attached hydrogen (secondary N) is 1. The maximum absolute atomic E-state index is 12.4. The molecule has 3 nitrogen and oxygen atoms in total. The van der Waals surface area contributed by atoms with Gasteiger partial charge in [0, 0.05) is 11.3 Å². The van der Waals surface area contributed by atoms with E-state index in [0.29, 0.717) is 0 Å². The first kappa shape index (κ1) is 12.4. The lowest BCUT2D eigenvalue weighted by Gasteiger charge is -2.47. The number of thioether (sulfide) groups is 1. The summed E-state index contributed by atoms with van der Waals surface area (Å²) in [6.45, 7) is 2.62. The molecule has 100 valence electrons. The fraction of sp³-hybridized carbons (Fsp3) is 0.786. The molecule has 1 aliphatic heterocycles. The van der Waals surface area contributed by atoms with Gasteiger partial charge in [0.2, 0.25) is 0 Å². The van der Waals surface area contributed by atoms with Crippen molar-refractivity contribution < 1.29 is 9.53 Å². The molecule has 0 spiro atoms. The van der Waals surface area contributed by atoms with Crippen LogP contribution in [0.15, 0.2) is 10.7 Å². The van der Waals surface area contributed by atoms with E-state index in [4.69, 9.17) is 4.74 Å². The van der Waals surface area contributed by atoms with Gasteiger partial charge in [0.15, 0.2) is 0 Å². The molecule has 2 bridgehead atoms. The Morgan fingerprint density at radius 2 is 2.00 bits per heavy atom. The van der Waals surface area contributed by atoms with Crippen LogP contribution in [0.5, 0.6) is 0 Å². The summed E-state index contributed by atoms with van der Waals surface area (Å²) in [4.78, 5) is 13.2. The van der Waals surface area contributed by atoms with Crippen molar-refractivity contribution in [1.82, 2.24) is 5.32 Å². The summed E-state index contributed by atoms with van der Waals surface area (Å²) in [5.41, 5.74) is 0.0944. The molecule has 4 aliphatic rings. The average molecular weight is 267 g/mol. The van der Waals surface area contributed by atoms with Crippen LogP contribution in [0.2, 0.25) is 0 Å². The Morgan fingerprint density at radius 1 is 1.33 bits per heavy atom. The summed E-state index contributed by atoms with van der Waals surface area (Å²) in [6.07, 6.45) is 7.38. The number of hydrogen-bond acceptors (Lipinski definition) is 3. The molecule has 1 amide bonds. The second kappa shape index (κ2) is 4.80. The van der Waals surface area contributed by atoms with Gasteiger partial charge in [0.05, 0.1) is 6.61 Å². The Morgan fingerprint density at radius 3 is 2.61 bits per heavy atom. The van der Waals surface area contributed by atoms with Gasteiger partial charge in [-0.05, 0) is 51.4 Å². The van der Waals surface area contributed by atoms with Crippen LogP contribution >= 0.6 is 11.8 Å². The van der Waals surface area contributed by atoms with E-state index in [9.17, 15) is 4.79 Å². The lowest BCUT2D eigenvalue weighted by atomic mass is 9.66. The molecule has 0 saturated heterocycles. The van der Waals surface area contributed by atoms with Gasteiger partial charge in [-0.2, -0.15) is 0 Å². The Bertz CT molecular complexity index is 369. The van der Waals surface area contributed by atoms with Crippen molar-refractivity contribution >= 4 is 17.7 Å². The fourth-order valence-electron chi connectivity index (χ4n) is 3.47. The number of hydrogen-bond donors (Lipinski definition) is 1. The van der Waals surface area contributed by atoms with Crippen molar-refractivity contribution in [2.45, 2.75) is 51.0 Å². The predicted octanol–water partition coefficient (Wildman–Crippen LogP) is 2.82. The summed E-state index contributed by atoms with van der Waals surface area (Å²) >= 11 is 1.63. The number of rotatable bonds is 2. The minimum absolute atomic E-state index is 0.0944. The molecule has 1 N–H and O–H groups in total. The van der Waals surface area contributed by atoms with Crippen LogP contribution < -0.4 is 5.32 Å². The first-order valence-corrected chi connectivity index (χ1v) is 7.96. The van der Waals surface area contributed by atoms with Crippen LogP contribution in [-0.2, 0) is 9.53 Å². The molecule has 3 fully saturated rings. The Labute approximate surface area is 113 Å². The van der Waals surface area contributed by atoms with Crippen LogP contribution in [0.1, 0.15) is 45.4 Å². The maximum atomic E-state index is 12.4. The monoisotopic (exact) mass is 267 g/mol. The number of ether oxygens (including phenoxy) is 1. The summed E-state index contributed by atoms with van der Waals surface area (Å²) in [6, 6.07) is 0. The van der Waals surface area contributed by atoms with Crippen LogP contribution in [0, 0.1) is 5.92 Å². The highest BCUT2D eigenvalue weighted by Crippen LogP contribution is 2.44. The molecule has 0 atom stereocenters. The summed E-state index contributed by atoms with van der Waals surface area (Å²) in [5, 5.41) is 3.32. The molecule has 0 aromatic carbocycles. The molecule has 0 aromatic rings. The zero-order chi connectivity index (χ0) is 12.6. The lowest BCUT2D eigenvalue weighted by Crippen LogP contribution is -2.54. The number of carbonyl (C=O) groups excluding carboxylic acids is 1. The molecule has 1 heterocycles. The maximum Gasteiger partial charge on any atom is 0.261 e. The van der Waals surface area contributed by atoms with Gasteiger partial charge in [-0.25, -0.2) is 0 Å². The number of fused-ring (bicyclic) bond motifs is 3. The zero-order valence-electron chi connectivity index (χ0n) is 11.0. The highest BCUT2D eigenvalue weighted by atomic mass is 32.2. The number of amides is 1. The predicted molar refractivity (Wildman–Crippen MR) is 73.2 cm³/mol. The minimum Gasteiger partial charge on any atom is -0.496 e. The van der Waals surface area contributed by atoms with Gasteiger partial charge < -0.3 is 10.1 Å². The summed E-state index contributed by atoms with van der Waals surface area (Å²) < 4.78 is 5.48. The van der Waals surface area contributed by atoms with Gasteiger partial charge >= 0.3 is 0 Å². The van der Waals surface area contributed by atoms with Gasteiger partial charge in [0.1, 0.15) is 10.7 Å². The van der Waals surface area contributed by atoms with Gasteiger partial charge in [-0.3, -0.25) is 4.79 Å². The van der Waals surface area contributed by atoms with E-state index >= 15 is 0 Å². The molecule has 0 unspecified atom stereocenters.